The first kappa shape index (κ1) is 12.0. The van der Waals surface area contributed by atoms with Gasteiger partial charge >= 0.3 is 0 Å². The Kier molecular flexibility index (Phi) is 2.85. The fourth-order valence-corrected chi connectivity index (χ4v) is 2.81. The first-order valence-corrected chi connectivity index (χ1v) is 6.50. The van der Waals surface area contributed by atoms with Gasteiger partial charge in [0.1, 0.15) is 5.75 Å². The monoisotopic (exact) mass is 256 g/mol. The second-order valence-electron chi connectivity index (χ2n) is 4.87. The summed E-state index contributed by atoms with van der Waals surface area (Å²) in [6.45, 7) is 0. The van der Waals surface area contributed by atoms with Crippen molar-refractivity contribution in [3.63, 3.8) is 0 Å². The lowest BCUT2D eigenvalue weighted by Crippen LogP contribution is -2.19. The van der Waals surface area contributed by atoms with Crippen LogP contribution in [0.5, 0.6) is 5.75 Å². The molecule has 2 aromatic rings. The molecule has 0 saturated heterocycles. The fraction of sp³-hybridized carbons (Fsp3) is 0.333. The molecule has 3 rings (SSSR count). The topological polar surface area (TPSA) is 65.2 Å². The van der Waals surface area contributed by atoms with Crippen LogP contribution in [0, 0.1) is 0 Å². The Balaban J connectivity index is 2.36. The highest BCUT2D eigenvalue weighted by atomic mass is 16.5. The lowest BCUT2D eigenvalue weighted by molar-refractivity contribution is 0.100. The van der Waals surface area contributed by atoms with Crippen LogP contribution in [-0.4, -0.2) is 18.0 Å². The van der Waals surface area contributed by atoms with Gasteiger partial charge in [0, 0.05) is 11.1 Å². The molecule has 19 heavy (non-hydrogen) atoms. The number of methoxy groups -OCH3 is 1. The number of carbonyl (C=O) groups excluding carboxylic acids is 1. The first-order chi connectivity index (χ1) is 9.20. The Morgan fingerprint density at radius 1 is 1.32 bits per heavy atom. The number of ether oxygens (including phenoxy) is 1. The van der Waals surface area contributed by atoms with Gasteiger partial charge in [-0.1, -0.05) is 0 Å². The van der Waals surface area contributed by atoms with E-state index in [2.05, 4.69) is 4.98 Å². The van der Waals surface area contributed by atoms with Crippen molar-refractivity contribution in [3.05, 3.63) is 35.0 Å². The second-order valence-corrected chi connectivity index (χ2v) is 4.87. The van der Waals surface area contributed by atoms with Crippen molar-refractivity contribution >= 4 is 16.8 Å². The van der Waals surface area contributed by atoms with Crippen LogP contribution in [0.1, 0.15) is 34.5 Å². The van der Waals surface area contributed by atoms with Gasteiger partial charge in [-0.2, -0.15) is 0 Å². The number of aromatic nitrogens is 1. The summed E-state index contributed by atoms with van der Waals surface area (Å²) in [5, 5.41) is 0.799. The third kappa shape index (κ3) is 1.93. The number of fused-ring (bicyclic) bond motifs is 2. The van der Waals surface area contributed by atoms with Crippen molar-refractivity contribution in [2.24, 2.45) is 5.73 Å². The van der Waals surface area contributed by atoms with Crippen molar-refractivity contribution in [2.45, 2.75) is 25.7 Å². The minimum Gasteiger partial charge on any atom is -0.497 e. The molecule has 1 aromatic heterocycles. The number of carbonyl (C=O) groups is 1. The summed E-state index contributed by atoms with van der Waals surface area (Å²) >= 11 is 0. The molecule has 1 amide bonds. The molecule has 0 fully saturated rings. The van der Waals surface area contributed by atoms with E-state index in [1.807, 2.05) is 18.2 Å². The Hall–Kier alpha value is -2.10. The normalized spacial score (nSPS) is 14.2. The molecule has 4 heteroatoms. The van der Waals surface area contributed by atoms with Gasteiger partial charge in [-0.3, -0.25) is 9.78 Å². The maximum absolute atomic E-state index is 11.8. The molecule has 2 N–H and O–H groups in total. The molecular weight excluding hydrogens is 240 g/mol. The fourth-order valence-electron chi connectivity index (χ4n) is 2.81. The van der Waals surface area contributed by atoms with Crippen molar-refractivity contribution in [2.75, 3.05) is 7.11 Å². The summed E-state index contributed by atoms with van der Waals surface area (Å²) in [5.41, 5.74) is 9.08. The van der Waals surface area contributed by atoms with Crippen molar-refractivity contribution in [1.82, 2.24) is 4.98 Å². The Morgan fingerprint density at radius 3 is 2.84 bits per heavy atom. The maximum Gasteiger partial charge on any atom is 0.249 e. The Bertz CT molecular complexity index is 665. The van der Waals surface area contributed by atoms with E-state index < -0.39 is 0 Å². The zero-order valence-electron chi connectivity index (χ0n) is 10.9. The number of nitrogens with two attached hydrogens (primary N) is 1. The van der Waals surface area contributed by atoms with E-state index >= 15 is 0 Å². The molecule has 1 heterocycles. The molecule has 0 spiro atoms. The molecule has 1 aromatic carbocycles. The van der Waals surface area contributed by atoms with E-state index in [0.29, 0.717) is 11.3 Å². The summed E-state index contributed by atoms with van der Waals surface area (Å²) in [6.07, 6.45) is 4.02. The number of aryl methyl sites for hydroxylation is 1. The molecule has 0 unspecified atom stereocenters. The number of primary amides is 1. The van der Waals surface area contributed by atoms with Gasteiger partial charge in [0.2, 0.25) is 5.91 Å². The van der Waals surface area contributed by atoms with Crippen LogP contribution >= 0.6 is 0 Å². The zero-order chi connectivity index (χ0) is 13.4. The SMILES string of the molecule is COc1ccc2nc3c(c(C(N)=O)c2c1)CCCC3. The van der Waals surface area contributed by atoms with E-state index in [1.54, 1.807) is 7.11 Å². The van der Waals surface area contributed by atoms with Crippen LogP contribution < -0.4 is 10.5 Å². The third-order valence-electron chi connectivity index (χ3n) is 3.72. The smallest absolute Gasteiger partial charge is 0.249 e. The summed E-state index contributed by atoms with van der Waals surface area (Å²) < 4.78 is 5.22. The number of amides is 1. The summed E-state index contributed by atoms with van der Waals surface area (Å²) in [6, 6.07) is 5.59. The van der Waals surface area contributed by atoms with Crippen LogP contribution in [0.15, 0.2) is 18.2 Å². The molecule has 4 nitrogen and oxygen atoms in total. The quantitative estimate of drug-likeness (QED) is 0.896. The highest BCUT2D eigenvalue weighted by molar-refractivity contribution is 6.07. The van der Waals surface area contributed by atoms with E-state index in [9.17, 15) is 4.79 Å². The van der Waals surface area contributed by atoms with Gasteiger partial charge < -0.3 is 10.5 Å². The molecular formula is C15H16N2O2. The van der Waals surface area contributed by atoms with Gasteiger partial charge in [-0.05, 0) is 49.4 Å². The molecule has 1 aliphatic rings. The van der Waals surface area contributed by atoms with Crippen LogP contribution in [0.2, 0.25) is 0 Å². The number of pyridine rings is 1. The average molecular weight is 256 g/mol. The number of rotatable bonds is 2. The van der Waals surface area contributed by atoms with E-state index in [4.69, 9.17) is 10.5 Å². The third-order valence-corrected chi connectivity index (χ3v) is 3.72. The predicted octanol–water partition coefficient (Wildman–Crippen LogP) is 2.22. The highest BCUT2D eigenvalue weighted by Gasteiger charge is 2.21. The van der Waals surface area contributed by atoms with Crippen molar-refractivity contribution < 1.29 is 9.53 Å². The van der Waals surface area contributed by atoms with Gasteiger partial charge in [-0.25, -0.2) is 0 Å². The molecule has 1 aliphatic carbocycles. The Labute approximate surface area is 111 Å². The van der Waals surface area contributed by atoms with Crippen LogP contribution in [-0.2, 0) is 12.8 Å². The molecule has 0 radical (unpaired) electrons. The maximum atomic E-state index is 11.8. The predicted molar refractivity (Wildman–Crippen MR) is 73.5 cm³/mol. The first-order valence-electron chi connectivity index (χ1n) is 6.50. The molecule has 0 aliphatic heterocycles. The standard InChI is InChI=1S/C15H16N2O2/c1-19-9-6-7-13-11(8-9)14(15(16)18)10-4-2-3-5-12(10)17-13/h6-8H,2-5H2,1H3,(H2,16,18). The minimum absolute atomic E-state index is 0.376. The van der Waals surface area contributed by atoms with E-state index in [-0.39, 0.29) is 5.91 Å². The molecule has 0 bridgehead atoms. The number of benzene rings is 1. The highest BCUT2D eigenvalue weighted by Crippen LogP contribution is 2.30. The number of nitrogens with zero attached hydrogens (tertiary/aromatic N) is 1. The average Bonchev–Trinajstić information content (AvgIpc) is 2.43. The molecule has 0 atom stereocenters. The molecule has 0 saturated carbocycles. The van der Waals surface area contributed by atoms with Crippen molar-refractivity contribution in [3.8, 4) is 5.75 Å². The van der Waals surface area contributed by atoms with Crippen LogP contribution in [0.4, 0.5) is 0 Å². The van der Waals surface area contributed by atoms with E-state index in [1.165, 1.54) is 0 Å². The Morgan fingerprint density at radius 2 is 2.11 bits per heavy atom. The van der Waals surface area contributed by atoms with Gasteiger partial charge in [-0.15, -0.1) is 0 Å². The number of hydrogen-bond donors (Lipinski definition) is 1. The van der Waals surface area contributed by atoms with Gasteiger partial charge in [0.05, 0.1) is 18.2 Å². The summed E-state index contributed by atoms with van der Waals surface area (Å²) in [5.74, 6) is 0.339. The second kappa shape index (κ2) is 4.53. The molecule has 98 valence electrons. The van der Waals surface area contributed by atoms with Gasteiger partial charge in [0.15, 0.2) is 0 Å². The minimum atomic E-state index is -0.376. The summed E-state index contributed by atoms with van der Waals surface area (Å²) in [4.78, 5) is 16.5. The largest absolute Gasteiger partial charge is 0.497 e. The van der Waals surface area contributed by atoms with E-state index in [0.717, 1.165) is 47.8 Å². The van der Waals surface area contributed by atoms with Crippen LogP contribution in [0.3, 0.4) is 0 Å². The lowest BCUT2D eigenvalue weighted by atomic mass is 9.89. The number of hydrogen-bond acceptors (Lipinski definition) is 3. The zero-order valence-corrected chi connectivity index (χ0v) is 10.9. The van der Waals surface area contributed by atoms with Gasteiger partial charge in [0.25, 0.3) is 0 Å². The lowest BCUT2D eigenvalue weighted by Gasteiger charge is -2.19. The van der Waals surface area contributed by atoms with Crippen molar-refractivity contribution in [1.29, 1.82) is 0 Å². The van der Waals surface area contributed by atoms with Crippen LogP contribution in [0.25, 0.3) is 10.9 Å². The summed E-state index contributed by atoms with van der Waals surface area (Å²) in [7, 11) is 1.61.